The fourth-order valence-electron chi connectivity index (χ4n) is 27.4. The molecule has 3 aromatic rings. The second kappa shape index (κ2) is 21.5. The average molecular weight is 1270 g/mol. The molecule has 3 spiro atoms. The van der Waals surface area contributed by atoms with Gasteiger partial charge in [0.05, 0.1) is 35.9 Å². The number of hydrogen-bond donors (Lipinski definition) is 6. The van der Waals surface area contributed by atoms with Crippen LogP contribution in [0.3, 0.4) is 0 Å². The van der Waals surface area contributed by atoms with Crippen LogP contribution in [0.2, 0.25) is 0 Å². The Kier molecular flexibility index (Phi) is 14.2. The zero-order valence-corrected chi connectivity index (χ0v) is 55.3. The van der Waals surface area contributed by atoms with Crippen molar-refractivity contribution in [2.45, 2.75) is 214 Å². The van der Waals surface area contributed by atoms with Gasteiger partial charge in [0.15, 0.2) is 0 Å². The molecule has 3 aliphatic heterocycles. The standard InChI is InChI=1S/C79H97NO9S2/c1-44-51-13-12-49(28-51)39-90-91-40-59-33-58-30-56-29-54-15-16-63(56)76(58)42-75(43-82)67-20-23-74-41-73(21-18-48(36-73)26-46-7-3-6-45(24-46)25-47-8-4-10-53(54)27-47)22-19-50-9-5-11-55(38-81)60(50)34-66(80-2)61-31-57(69(74)62-35-68(83)89-70(61)62)37-77(74,85)79(67,87)71(84)65-32-52(44)14-17-64(72(76)88-59)78(65,75)86/h3-11,24,27,35,43-44,48-49,51-52,54,56-59,61,63-67,69-72,80-81,84-87H,12-18,20-21,23,25-26,28-34,36-42H2,1-2H3. The largest absolute Gasteiger partial charge is 0.454 e. The van der Waals surface area contributed by atoms with Gasteiger partial charge in [-0.3, -0.25) is 0 Å². The Balaban J connectivity index is 0.881. The predicted octanol–water partition coefficient (Wildman–Crippen LogP) is 11.9. The van der Waals surface area contributed by atoms with Crippen LogP contribution in [0.15, 0.2) is 78.4 Å². The minimum absolute atomic E-state index is 0.000777. The number of likely N-dealkylation sites (N-methyl/N-ethyl adjacent to an activating group) is 1. The quantitative estimate of drug-likeness (QED) is 0.0637. The third-order valence-electron chi connectivity index (χ3n) is 30.7. The number of ether oxygens (including phenoxy) is 2. The monoisotopic (exact) mass is 1270 g/mol. The van der Waals surface area contributed by atoms with Gasteiger partial charge in [-0.1, -0.05) is 101 Å². The fraction of sp³-hybridized carbons (Fsp3) is 0.696. The number of aliphatic hydroxyl groups is 5. The normalized spacial score (nSPS) is 50.2. The number of fused-ring (bicyclic) bond motifs is 6. The lowest BCUT2D eigenvalue weighted by Gasteiger charge is -2.76. The van der Waals surface area contributed by atoms with E-state index in [1.165, 1.54) is 47.8 Å². The predicted molar refractivity (Wildman–Crippen MR) is 353 cm³/mol. The highest BCUT2D eigenvalue weighted by Gasteiger charge is 2.88. The van der Waals surface area contributed by atoms with E-state index in [0.717, 1.165) is 104 Å². The summed E-state index contributed by atoms with van der Waals surface area (Å²) in [5.74, 6) is 9.55. The van der Waals surface area contributed by atoms with Crippen LogP contribution in [-0.2, 0) is 44.9 Å². The minimum atomic E-state index is -2.24. The molecule has 2 saturated heterocycles. The van der Waals surface area contributed by atoms with E-state index in [2.05, 4.69) is 78.7 Å². The fourth-order valence-corrected chi connectivity index (χ4v) is 30.1. The number of carbonyl (C=O) groups is 2. The Morgan fingerprint density at radius 2 is 1.55 bits per heavy atom. The van der Waals surface area contributed by atoms with Gasteiger partial charge in [0.2, 0.25) is 0 Å². The molecule has 6 N–H and O–H groups in total. The maximum atomic E-state index is 16.2. The lowest BCUT2D eigenvalue weighted by Crippen LogP contribution is -2.87. The van der Waals surface area contributed by atoms with Crippen LogP contribution < -0.4 is 5.32 Å². The molecule has 10 saturated carbocycles. The SMILES string of the molecule is CNC1Cc2c(cccc2CO)C#CC23CCC(Cc4cccc(c4)Cc4cccc(c4)C4CCC5C(C4)CC4CC6CSSCC7CCC(C7)C(C)C7CCC8C(O6)C45CC4(C=O)C5CCC6(C2)C2C9=CC(=O)OC9C1CC2CC6(O)C5(O)C(O)C(C7)C84O)C3. The molecule has 12 fully saturated rings. The molecule has 484 valence electrons. The summed E-state index contributed by atoms with van der Waals surface area (Å²) in [7, 11) is 6.02. The lowest BCUT2D eigenvalue weighted by molar-refractivity contribution is -0.394. The molecule has 0 aromatic heterocycles. The van der Waals surface area contributed by atoms with E-state index in [9.17, 15) is 15.0 Å². The summed E-state index contributed by atoms with van der Waals surface area (Å²) in [6.45, 7) is 2.32. The van der Waals surface area contributed by atoms with Gasteiger partial charge in [0.25, 0.3) is 0 Å². The zero-order chi connectivity index (χ0) is 61.8. The molecule has 91 heavy (non-hydrogen) atoms. The first-order valence-electron chi connectivity index (χ1n) is 36.3. The second-order valence-electron chi connectivity index (χ2n) is 33.8. The maximum absolute atomic E-state index is 16.2. The van der Waals surface area contributed by atoms with Gasteiger partial charge < -0.3 is 45.1 Å². The van der Waals surface area contributed by atoms with Gasteiger partial charge >= 0.3 is 5.97 Å². The smallest absolute Gasteiger partial charge is 0.331 e. The topological polar surface area (TPSA) is 166 Å². The molecule has 0 amide bonds. The van der Waals surface area contributed by atoms with E-state index in [0.29, 0.717) is 81.0 Å². The van der Waals surface area contributed by atoms with Crippen molar-refractivity contribution in [2.75, 3.05) is 18.6 Å². The van der Waals surface area contributed by atoms with Gasteiger partial charge in [-0.2, -0.15) is 0 Å². The van der Waals surface area contributed by atoms with Crippen molar-refractivity contribution >= 4 is 33.8 Å². The van der Waals surface area contributed by atoms with Crippen molar-refractivity contribution in [3.05, 3.63) is 117 Å². The maximum Gasteiger partial charge on any atom is 0.331 e. The Labute approximate surface area is 547 Å². The van der Waals surface area contributed by atoms with Crippen LogP contribution in [0.25, 0.3) is 0 Å². The summed E-state index contributed by atoms with van der Waals surface area (Å²) in [6.07, 6.45) is 18.2. The molecule has 21 rings (SSSR count). The van der Waals surface area contributed by atoms with Gasteiger partial charge in [-0.25, -0.2) is 4.79 Å². The van der Waals surface area contributed by atoms with E-state index in [1.807, 2.05) is 40.8 Å². The molecule has 12 heteroatoms. The minimum Gasteiger partial charge on any atom is -0.454 e. The van der Waals surface area contributed by atoms with Crippen molar-refractivity contribution in [3.8, 4) is 11.8 Å². The molecular weight excluding hydrogens is 1170 g/mol. The number of esters is 1. The van der Waals surface area contributed by atoms with E-state index < -0.39 is 74.3 Å². The number of rotatable bonds is 3. The van der Waals surface area contributed by atoms with Crippen LogP contribution >= 0.6 is 21.6 Å². The summed E-state index contributed by atoms with van der Waals surface area (Å²) >= 11 is 0. The van der Waals surface area contributed by atoms with Crippen LogP contribution in [0, 0.1) is 116 Å². The van der Waals surface area contributed by atoms with Crippen LogP contribution in [0.4, 0.5) is 0 Å². The van der Waals surface area contributed by atoms with Crippen molar-refractivity contribution in [2.24, 2.45) is 105 Å². The molecular formula is C79H97NO9S2. The number of hydrogen-bond acceptors (Lipinski definition) is 12. The third-order valence-corrected chi connectivity index (χ3v) is 33.3. The molecule has 27 unspecified atom stereocenters. The van der Waals surface area contributed by atoms with Crippen molar-refractivity contribution in [1.82, 2.24) is 5.32 Å². The first kappa shape index (κ1) is 60.0. The van der Waals surface area contributed by atoms with E-state index in [4.69, 9.17) is 9.47 Å². The number of benzene rings is 3. The highest BCUT2D eigenvalue weighted by molar-refractivity contribution is 8.76. The lowest BCUT2D eigenvalue weighted by atomic mass is 9.31. The number of aldehydes is 1. The highest BCUT2D eigenvalue weighted by Crippen LogP contribution is 2.82. The van der Waals surface area contributed by atoms with Crippen LogP contribution in [0.5, 0.6) is 0 Å². The van der Waals surface area contributed by atoms with Gasteiger partial charge in [0.1, 0.15) is 23.6 Å². The van der Waals surface area contributed by atoms with Crippen LogP contribution in [-0.4, -0.2) is 104 Å². The zero-order valence-electron chi connectivity index (χ0n) is 53.6. The Morgan fingerprint density at radius 1 is 0.747 bits per heavy atom. The average Bonchev–Trinajstić information content (AvgIpc) is 1.63. The molecule has 27 atom stereocenters. The van der Waals surface area contributed by atoms with Gasteiger partial charge in [0, 0.05) is 69.1 Å². The van der Waals surface area contributed by atoms with E-state index in [-0.39, 0.29) is 72.8 Å². The van der Waals surface area contributed by atoms with Gasteiger partial charge in [-0.15, -0.1) is 0 Å². The molecule has 0 radical (unpaired) electrons. The van der Waals surface area contributed by atoms with Gasteiger partial charge in [-0.05, 0) is 265 Å². The summed E-state index contributed by atoms with van der Waals surface area (Å²) in [6, 6.07) is 24.7. The van der Waals surface area contributed by atoms with Crippen molar-refractivity contribution in [3.63, 3.8) is 0 Å². The molecule has 23 bridgehead atoms. The first-order valence-corrected chi connectivity index (χ1v) is 38.8. The third kappa shape index (κ3) is 8.32. The number of carbonyl (C=O) groups excluding carboxylic acids is 2. The highest BCUT2D eigenvalue weighted by atomic mass is 33.1. The first-order chi connectivity index (χ1) is 44.1. The van der Waals surface area contributed by atoms with E-state index in [1.54, 1.807) is 6.08 Å². The second-order valence-corrected chi connectivity index (χ2v) is 36.4. The van der Waals surface area contributed by atoms with Crippen molar-refractivity contribution < 1.29 is 44.6 Å². The summed E-state index contributed by atoms with van der Waals surface area (Å²) in [5.41, 5.74) is -0.750. The Hall–Kier alpha value is -3.48. The van der Waals surface area contributed by atoms with Crippen molar-refractivity contribution in [1.29, 1.82) is 0 Å². The number of nitrogens with one attached hydrogen (secondary N) is 1. The molecule has 3 heterocycles. The molecule has 18 aliphatic rings. The van der Waals surface area contributed by atoms with Crippen LogP contribution in [0.1, 0.15) is 180 Å². The summed E-state index contributed by atoms with van der Waals surface area (Å²) in [5, 5.41) is 76.4. The Morgan fingerprint density at radius 3 is 2.41 bits per heavy atom. The number of aliphatic hydroxyl groups excluding tert-OH is 2. The molecule has 3 aromatic carbocycles. The molecule has 15 aliphatic carbocycles. The van der Waals surface area contributed by atoms with E-state index >= 15 is 20.1 Å². The molecule has 10 nitrogen and oxygen atoms in total. The summed E-state index contributed by atoms with van der Waals surface area (Å²) < 4.78 is 14.6. The summed E-state index contributed by atoms with van der Waals surface area (Å²) in [4.78, 5) is 30.6. The Bertz CT molecular complexity index is 3550.